The Kier molecular flexibility index (Phi) is 6.26. The van der Waals surface area contributed by atoms with Crippen LogP contribution in [0.2, 0.25) is 0 Å². The molecule has 35 heavy (non-hydrogen) atoms. The first-order valence-corrected chi connectivity index (χ1v) is 12.6. The van der Waals surface area contributed by atoms with Gasteiger partial charge in [0.25, 0.3) is 5.91 Å². The zero-order valence-electron chi connectivity index (χ0n) is 21.0. The van der Waals surface area contributed by atoms with Crippen LogP contribution in [-0.2, 0) is 17.6 Å². The number of aryl methyl sites for hydroxylation is 3. The fourth-order valence-corrected chi connectivity index (χ4v) is 5.44. The number of piperidine rings is 1. The predicted molar refractivity (Wildman–Crippen MR) is 135 cm³/mol. The van der Waals surface area contributed by atoms with E-state index in [4.69, 9.17) is 8.83 Å². The highest BCUT2D eigenvalue weighted by molar-refractivity contribution is 6.06. The van der Waals surface area contributed by atoms with E-state index in [1.54, 1.807) is 6.26 Å². The summed E-state index contributed by atoms with van der Waals surface area (Å²) in [6.07, 6.45) is 6.26. The molecule has 0 spiro atoms. The number of likely N-dealkylation sites (tertiary alicyclic amines) is 1. The van der Waals surface area contributed by atoms with Gasteiger partial charge in [-0.15, -0.1) is 0 Å². The maximum Gasteiger partial charge on any atom is 0.289 e. The molecule has 2 aliphatic rings. The first-order valence-electron chi connectivity index (χ1n) is 12.6. The molecule has 3 aromatic rings. The molecule has 0 radical (unpaired) electrons. The number of benzene rings is 1. The number of hydrogen-bond acceptors (Lipinski definition) is 5. The lowest BCUT2D eigenvalue weighted by Gasteiger charge is -2.29. The summed E-state index contributed by atoms with van der Waals surface area (Å²) < 4.78 is 11.8. The third-order valence-electron chi connectivity index (χ3n) is 7.35. The van der Waals surface area contributed by atoms with Crippen LogP contribution in [0.5, 0.6) is 0 Å². The van der Waals surface area contributed by atoms with Crippen molar-refractivity contribution in [2.24, 2.45) is 11.0 Å². The second-order valence-electron chi connectivity index (χ2n) is 10.2. The van der Waals surface area contributed by atoms with Gasteiger partial charge in [0.1, 0.15) is 11.3 Å². The molecule has 1 aromatic carbocycles. The second kappa shape index (κ2) is 9.36. The van der Waals surface area contributed by atoms with Crippen LogP contribution in [0.4, 0.5) is 0 Å². The summed E-state index contributed by atoms with van der Waals surface area (Å²) in [6, 6.07) is 4.08. The lowest BCUT2D eigenvalue weighted by Crippen LogP contribution is -2.38. The molecule has 7 heteroatoms. The van der Waals surface area contributed by atoms with Crippen molar-refractivity contribution in [3.05, 3.63) is 57.7 Å². The Hall–Kier alpha value is -3.35. The summed E-state index contributed by atoms with van der Waals surface area (Å²) in [5.41, 5.74) is 9.07. The van der Waals surface area contributed by atoms with Crippen molar-refractivity contribution in [1.82, 2.24) is 10.3 Å². The molecule has 0 atom stereocenters. The Morgan fingerprint density at radius 1 is 1.14 bits per heavy atom. The molecule has 1 fully saturated rings. The summed E-state index contributed by atoms with van der Waals surface area (Å²) >= 11 is 0. The zero-order chi connectivity index (χ0) is 24.7. The molecule has 0 bridgehead atoms. The van der Waals surface area contributed by atoms with E-state index in [2.05, 4.69) is 23.5 Å². The SMILES string of the molecule is Cc1cc(C)c2c(CC(=O)N/N=C3\CCCc4oc(C(=O)N5CCC(C)CC5)c(C)c43)coc2c1. The van der Waals surface area contributed by atoms with Gasteiger partial charge in [0, 0.05) is 41.6 Å². The zero-order valence-corrected chi connectivity index (χ0v) is 21.0. The summed E-state index contributed by atoms with van der Waals surface area (Å²) in [6.45, 7) is 9.74. The highest BCUT2D eigenvalue weighted by Crippen LogP contribution is 2.31. The topological polar surface area (TPSA) is 88.0 Å². The molecular weight excluding hydrogens is 442 g/mol. The first-order chi connectivity index (χ1) is 16.8. The van der Waals surface area contributed by atoms with Crippen LogP contribution in [0.1, 0.15) is 76.7 Å². The average molecular weight is 476 g/mol. The number of carbonyl (C=O) groups excluding carboxylic acids is 2. The molecule has 2 aromatic heterocycles. The standard InChI is InChI=1S/C28H33N3O4/c1-16-8-10-31(11-9-16)28(33)27-19(4)26-21(6-5-7-22(26)35-27)29-30-24(32)14-20-15-34-23-13-17(2)12-18(3)25(20)23/h12-13,15-16H,5-11,14H2,1-4H3,(H,30,32)/b29-21+. The quantitative estimate of drug-likeness (QED) is 0.524. The molecule has 1 aliphatic carbocycles. The third-order valence-corrected chi connectivity index (χ3v) is 7.35. The van der Waals surface area contributed by atoms with Gasteiger partial charge >= 0.3 is 0 Å². The van der Waals surface area contributed by atoms with Gasteiger partial charge in [-0.1, -0.05) is 13.0 Å². The lowest BCUT2D eigenvalue weighted by molar-refractivity contribution is -0.120. The van der Waals surface area contributed by atoms with Gasteiger partial charge in [-0.25, -0.2) is 5.43 Å². The van der Waals surface area contributed by atoms with Crippen LogP contribution >= 0.6 is 0 Å². The Labute approximate surface area is 205 Å². The fraction of sp³-hybridized carbons (Fsp3) is 0.464. The highest BCUT2D eigenvalue weighted by Gasteiger charge is 2.31. The normalized spacial score (nSPS) is 17.7. The van der Waals surface area contributed by atoms with Crippen LogP contribution in [0, 0.1) is 26.7 Å². The van der Waals surface area contributed by atoms with Crippen LogP contribution in [0.3, 0.4) is 0 Å². The number of nitrogens with zero attached hydrogens (tertiary/aromatic N) is 2. The predicted octanol–water partition coefficient (Wildman–Crippen LogP) is 5.22. The smallest absolute Gasteiger partial charge is 0.289 e. The summed E-state index contributed by atoms with van der Waals surface area (Å²) in [5.74, 6) is 1.63. The number of rotatable bonds is 4. The number of amides is 2. The number of nitrogens with one attached hydrogen (secondary N) is 1. The Balaban J connectivity index is 1.33. The molecule has 0 unspecified atom stereocenters. The molecule has 1 saturated heterocycles. The maximum absolute atomic E-state index is 13.2. The van der Waals surface area contributed by atoms with Crippen LogP contribution < -0.4 is 5.43 Å². The van der Waals surface area contributed by atoms with Gasteiger partial charge in [0.05, 0.1) is 18.4 Å². The van der Waals surface area contributed by atoms with Gasteiger partial charge in [-0.3, -0.25) is 9.59 Å². The van der Waals surface area contributed by atoms with Crippen molar-refractivity contribution >= 4 is 28.5 Å². The highest BCUT2D eigenvalue weighted by atomic mass is 16.4. The summed E-state index contributed by atoms with van der Waals surface area (Å²) in [5, 5.41) is 5.46. The summed E-state index contributed by atoms with van der Waals surface area (Å²) in [4.78, 5) is 27.8. The molecule has 3 heterocycles. The van der Waals surface area contributed by atoms with E-state index >= 15 is 0 Å². The van der Waals surface area contributed by atoms with Crippen molar-refractivity contribution in [3.8, 4) is 0 Å². The molecule has 184 valence electrons. The molecule has 1 aliphatic heterocycles. The van der Waals surface area contributed by atoms with Gasteiger partial charge < -0.3 is 13.7 Å². The van der Waals surface area contributed by atoms with Crippen LogP contribution in [-0.4, -0.2) is 35.5 Å². The van der Waals surface area contributed by atoms with E-state index in [0.29, 0.717) is 11.7 Å². The van der Waals surface area contributed by atoms with E-state index in [9.17, 15) is 9.59 Å². The van der Waals surface area contributed by atoms with Crippen LogP contribution in [0.15, 0.2) is 32.3 Å². The molecule has 1 N–H and O–H groups in total. The Bertz CT molecular complexity index is 1320. The lowest BCUT2D eigenvalue weighted by atomic mass is 9.93. The molecular formula is C28H33N3O4. The van der Waals surface area contributed by atoms with E-state index < -0.39 is 0 Å². The average Bonchev–Trinajstić information content (AvgIpc) is 3.39. The third kappa shape index (κ3) is 4.51. The number of hydrazone groups is 1. The molecule has 2 amide bonds. The maximum atomic E-state index is 13.2. The second-order valence-corrected chi connectivity index (χ2v) is 10.2. The van der Waals surface area contributed by atoms with Crippen molar-refractivity contribution < 1.29 is 18.4 Å². The number of hydrogen-bond donors (Lipinski definition) is 1. The molecule has 5 rings (SSSR count). The number of fused-ring (bicyclic) bond motifs is 2. The minimum atomic E-state index is -0.202. The van der Waals surface area contributed by atoms with Gasteiger partial charge in [0.2, 0.25) is 5.91 Å². The van der Waals surface area contributed by atoms with Gasteiger partial charge in [0.15, 0.2) is 5.76 Å². The number of carbonyl (C=O) groups is 2. The van der Waals surface area contributed by atoms with Crippen molar-refractivity contribution in [3.63, 3.8) is 0 Å². The van der Waals surface area contributed by atoms with Crippen molar-refractivity contribution in [1.29, 1.82) is 0 Å². The minimum absolute atomic E-state index is 0.0374. The Morgan fingerprint density at radius 2 is 1.91 bits per heavy atom. The monoisotopic (exact) mass is 475 g/mol. The largest absolute Gasteiger partial charge is 0.464 e. The molecule has 7 nitrogen and oxygen atoms in total. The van der Waals surface area contributed by atoms with E-state index in [1.807, 2.05) is 31.7 Å². The first kappa shape index (κ1) is 23.4. The van der Waals surface area contributed by atoms with Gasteiger partial charge in [-0.05, 0) is 69.6 Å². The van der Waals surface area contributed by atoms with Gasteiger partial charge in [-0.2, -0.15) is 5.10 Å². The minimum Gasteiger partial charge on any atom is -0.464 e. The van der Waals surface area contributed by atoms with E-state index in [0.717, 1.165) is 95.5 Å². The van der Waals surface area contributed by atoms with E-state index in [-0.39, 0.29) is 18.2 Å². The van der Waals surface area contributed by atoms with Crippen LogP contribution in [0.25, 0.3) is 11.0 Å². The number of furan rings is 2. The fourth-order valence-electron chi connectivity index (χ4n) is 5.44. The van der Waals surface area contributed by atoms with Crippen molar-refractivity contribution in [2.75, 3.05) is 13.1 Å². The summed E-state index contributed by atoms with van der Waals surface area (Å²) in [7, 11) is 0. The Morgan fingerprint density at radius 3 is 2.69 bits per heavy atom. The van der Waals surface area contributed by atoms with E-state index in [1.165, 1.54) is 0 Å². The van der Waals surface area contributed by atoms with Crippen molar-refractivity contribution in [2.45, 2.75) is 66.2 Å². The molecule has 0 saturated carbocycles.